The van der Waals surface area contributed by atoms with Crippen LogP contribution in [0.15, 0.2) is 60.8 Å². The summed E-state index contributed by atoms with van der Waals surface area (Å²) in [7, 11) is 0. The van der Waals surface area contributed by atoms with Crippen LogP contribution in [0.2, 0.25) is 0 Å². The molecule has 1 aliphatic carbocycles. The largest absolute Gasteiger partial charge is 0.363 e. The highest BCUT2D eigenvalue weighted by Crippen LogP contribution is 2.36. The molecule has 0 bridgehead atoms. The SMILES string of the molecule is O=C1COC2(CCN(CCc3ccc(-c4ccc5cccnc5c4)cc3)CC2)CN1C1CC1. The van der Waals surface area contributed by atoms with Gasteiger partial charge in [0.1, 0.15) is 6.61 Å². The molecule has 1 aromatic heterocycles. The zero-order chi connectivity index (χ0) is 22.3. The Balaban J connectivity index is 1.03. The zero-order valence-electron chi connectivity index (χ0n) is 19.1. The molecule has 0 atom stereocenters. The van der Waals surface area contributed by atoms with Crippen LogP contribution in [0.25, 0.3) is 22.0 Å². The summed E-state index contributed by atoms with van der Waals surface area (Å²) >= 11 is 0. The second kappa shape index (κ2) is 8.54. The van der Waals surface area contributed by atoms with Crippen molar-refractivity contribution in [3.63, 3.8) is 0 Å². The van der Waals surface area contributed by atoms with Gasteiger partial charge in [-0.05, 0) is 60.9 Å². The number of ether oxygens (including phenoxy) is 1. The highest BCUT2D eigenvalue weighted by Gasteiger charge is 2.46. The van der Waals surface area contributed by atoms with Gasteiger partial charge in [-0.3, -0.25) is 9.78 Å². The average molecular weight is 442 g/mol. The van der Waals surface area contributed by atoms with Crippen molar-refractivity contribution in [3.8, 4) is 11.1 Å². The van der Waals surface area contributed by atoms with Gasteiger partial charge in [-0.1, -0.05) is 42.5 Å². The number of pyridine rings is 1. The molecule has 1 saturated carbocycles. The number of hydrogen-bond donors (Lipinski definition) is 0. The van der Waals surface area contributed by atoms with Crippen LogP contribution in [0.3, 0.4) is 0 Å². The predicted molar refractivity (Wildman–Crippen MR) is 130 cm³/mol. The van der Waals surface area contributed by atoms with Crippen LogP contribution >= 0.6 is 0 Å². The Morgan fingerprint density at radius 3 is 2.58 bits per heavy atom. The second-order valence-corrected chi connectivity index (χ2v) is 9.92. The lowest BCUT2D eigenvalue weighted by Crippen LogP contribution is -2.59. The third-order valence-corrected chi connectivity index (χ3v) is 7.65. The third kappa shape index (κ3) is 4.40. The molecule has 6 rings (SSSR count). The maximum absolute atomic E-state index is 12.2. The Morgan fingerprint density at radius 2 is 1.79 bits per heavy atom. The van der Waals surface area contributed by atoms with E-state index >= 15 is 0 Å². The van der Waals surface area contributed by atoms with Crippen molar-refractivity contribution in [3.05, 3.63) is 66.4 Å². The van der Waals surface area contributed by atoms with Crippen LogP contribution in [-0.2, 0) is 16.0 Å². The molecule has 2 aromatic carbocycles. The minimum Gasteiger partial charge on any atom is -0.363 e. The summed E-state index contributed by atoms with van der Waals surface area (Å²) in [6.45, 7) is 4.25. The zero-order valence-corrected chi connectivity index (χ0v) is 19.1. The van der Waals surface area contributed by atoms with E-state index in [0.717, 1.165) is 51.0 Å². The maximum Gasteiger partial charge on any atom is 0.248 e. The van der Waals surface area contributed by atoms with E-state index in [1.807, 2.05) is 12.3 Å². The van der Waals surface area contributed by atoms with Crippen LogP contribution in [0.1, 0.15) is 31.2 Å². The molecule has 3 heterocycles. The molecule has 0 radical (unpaired) electrons. The smallest absolute Gasteiger partial charge is 0.248 e. The van der Waals surface area contributed by atoms with Crippen LogP contribution < -0.4 is 0 Å². The van der Waals surface area contributed by atoms with Crippen LogP contribution in [0.4, 0.5) is 0 Å². The molecular weight excluding hydrogens is 410 g/mol. The fraction of sp³-hybridized carbons (Fsp3) is 0.429. The summed E-state index contributed by atoms with van der Waals surface area (Å²) in [5, 5.41) is 1.17. The number of carbonyl (C=O) groups is 1. The fourth-order valence-corrected chi connectivity index (χ4v) is 5.34. The van der Waals surface area contributed by atoms with Crippen LogP contribution in [0.5, 0.6) is 0 Å². The van der Waals surface area contributed by atoms with Crippen LogP contribution in [0, 0.1) is 0 Å². The molecule has 33 heavy (non-hydrogen) atoms. The highest BCUT2D eigenvalue weighted by molar-refractivity contribution is 5.84. The van der Waals surface area contributed by atoms with Crippen molar-refractivity contribution < 1.29 is 9.53 Å². The van der Waals surface area contributed by atoms with Gasteiger partial charge < -0.3 is 14.5 Å². The van der Waals surface area contributed by atoms with E-state index in [1.54, 1.807) is 0 Å². The van der Waals surface area contributed by atoms with Gasteiger partial charge in [0.2, 0.25) is 5.91 Å². The van der Waals surface area contributed by atoms with Gasteiger partial charge in [0.05, 0.1) is 17.7 Å². The Labute approximate surface area is 195 Å². The first-order valence-corrected chi connectivity index (χ1v) is 12.3. The van der Waals surface area contributed by atoms with E-state index in [-0.39, 0.29) is 18.1 Å². The minimum atomic E-state index is -0.108. The Bertz CT molecular complexity index is 1150. The Kier molecular flexibility index (Phi) is 5.39. The summed E-state index contributed by atoms with van der Waals surface area (Å²) in [5.74, 6) is 0.189. The van der Waals surface area contributed by atoms with Gasteiger partial charge in [-0.15, -0.1) is 0 Å². The number of hydrogen-bond acceptors (Lipinski definition) is 4. The number of fused-ring (bicyclic) bond motifs is 1. The molecule has 170 valence electrons. The summed E-state index contributed by atoms with van der Waals surface area (Å²) in [6.07, 6.45) is 7.30. The topological polar surface area (TPSA) is 45.7 Å². The van der Waals surface area contributed by atoms with Crippen molar-refractivity contribution in [1.29, 1.82) is 0 Å². The average Bonchev–Trinajstić information content (AvgIpc) is 3.71. The monoisotopic (exact) mass is 441 g/mol. The number of aromatic nitrogens is 1. The standard InChI is InChI=1S/C28H31N3O2/c32-27-19-33-28(20-31(27)25-9-10-25)12-16-30(17-13-28)15-11-21-3-5-22(6-4-21)24-8-7-23-2-1-14-29-26(23)18-24/h1-8,14,18,25H,9-13,15-17,19-20H2. The molecule has 3 aromatic rings. The highest BCUT2D eigenvalue weighted by atomic mass is 16.5. The second-order valence-electron chi connectivity index (χ2n) is 9.92. The first-order chi connectivity index (χ1) is 16.2. The van der Waals surface area contributed by atoms with Gasteiger partial charge in [-0.2, -0.15) is 0 Å². The van der Waals surface area contributed by atoms with E-state index in [4.69, 9.17) is 4.74 Å². The normalized spacial score (nSPS) is 21.1. The Morgan fingerprint density at radius 1 is 1.00 bits per heavy atom. The summed E-state index contributed by atoms with van der Waals surface area (Å²) in [5.41, 5.74) is 4.74. The molecule has 1 spiro atoms. The molecule has 3 fully saturated rings. The van der Waals surface area contributed by atoms with E-state index in [0.29, 0.717) is 6.04 Å². The predicted octanol–water partition coefficient (Wildman–Crippen LogP) is 4.30. The van der Waals surface area contributed by atoms with Crippen LogP contribution in [-0.4, -0.2) is 65.1 Å². The van der Waals surface area contributed by atoms with Gasteiger partial charge in [0.15, 0.2) is 0 Å². The first-order valence-electron chi connectivity index (χ1n) is 12.3. The molecule has 2 saturated heterocycles. The Hall–Kier alpha value is -2.76. The molecular formula is C28H31N3O2. The summed E-state index contributed by atoms with van der Waals surface area (Å²) in [4.78, 5) is 21.3. The number of morpholine rings is 1. The molecule has 0 N–H and O–H groups in total. The van der Waals surface area contributed by atoms with E-state index < -0.39 is 0 Å². The van der Waals surface area contributed by atoms with Crippen molar-refractivity contribution in [2.45, 2.75) is 43.7 Å². The molecule has 2 aliphatic heterocycles. The lowest BCUT2D eigenvalue weighted by Gasteiger charge is -2.47. The quantitative estimate of drug-likeness (QED) is 0.592. The molecule has 3 aliphatic rings. The number of likely N-dealkylation sites (tertiary alicyclic amines) is 1. The molecule has 1 amide bonds. The van der Waals surface area contributed by atoms with E-state index in [1.165, 1.54) is 34.9 Å². The van der Waals surface area contributed by atoms with Crippen molar-refractivity contribution >= 4 is 16.8 Å². The number of amides is 1. The molecule has 5 heteroatoms. The first kappa shape index (κ1) is 20.8. The molecule has 0 unspecified atom stereocenters. The van der Waals surface area contributed by atoms with Crippen molar-refractivity contribution in [2.24, 2.45) is 0 Å². The number of benzene rings is 2. The van der Waals surface area contributed by atoms with E-state index in [9.17, 15) is 4.79 Å². The van der Waals surface area contributed by atoms with Crippen molar-refractivity contribution in [2.75, 3.05) is 32.8 Å². The third-order valence-electron chi connectivity index (χ3n) is 7.65. The number of carbonyl (C=O) groups excluding carboxylic acids is 1. The van der Waals surface area contributed by atoms with Crippen molar-refractivity contribution in [1.82, 2.24) is 14.8 Å². The minimum absolute atomic E-state index is 0.108. The lowest BCUT2D eigenvalue weighted by molar-refractivity contribution is -0.172. The number of piperidine rings is 1. The number of nitrogens with zero attached hydrogens (tertiary/aromatic N) is 3. The van der Waals surface area contributed by atoms with Gasteiger partial charge in [0.25, 0.3) is 0 Å². The van der Waals surface area contributed by atoms with Gasteiger partial charge >= 0.3 is 0 Å². The fourth-order valence-electron chi connectivity index (χ4n) is 5.34. The summed E-state index contributed by atoms with van der Waals surface area (Å²) in [6, 6.07) is 20.0. The lowest BCUT2D eigenvalue weighted by atomic mass is 9.89. The van der Waals surface area contributed by atoms with Gasteiger partial charge in [-0.25, -0.2) is 0 Å². The molecule has 5 nitrogen and oxygen atoms in total. The van der Waals surface area contributed by atoms with E-state index in [2.05, 4.69) is 63.3 Å². The number of rotatable bonds is 5. The summed E-state index contributed by atoms with van der Waals surface area (Å²) < 4.78 is 6.10. The van der Waals surface area contributed by atoms with Gasteiger partial charge in [0, 0.05) is 37.3 Å². The maximum atomic E-state index is 12.2.